The van der Waals surface area contributed by atoms with Gasteiger partial charge < -0.3 is 4.74 Å². The zero-order valence-electron chi connectivity index (χ0n) is 17.9. The summed E-state index contributed by atoms with van der Waals surface area (Å²) in [5.74, 6) is 0.544. The fourth-order valence-corrected chi connectivity index (χ4v) is 3.97. The highest BCUT2D eigenvalue weighted by molar-refractivity contribution is 7.92. The molecule has 3 heterocycles. The van der Waals surface area contributed by atoms with E-state index in [4.69, 9.17) is 4.74 Å². The topological polar surface area (TPSA) is 89.7 Å². The smallest absolute Gasteiger partial charge is 0.233 e. The molecule has 0 N–H and O–H groups in total. The maximum atomic E-state index is 14.3. The Bertz CT molecular complexity index is 1370. The van der Waals surface area contributed by atoms with Gasteiger partial charge in [-0.25, -0.2) is 17.8 Å². The summed E-state index contributed by atoms with van der Waals surface area (Å²) >= 11 is 0. The number of pyridine rings is 2. The van der Waals surface area contributed by atoms with Gasteiger partial charge in [0.15, 0.2) is 5.65 Å². The summed E-state index contributed by atoms with van der Waals surface area (Å²) in [5.41, 5.74) is 3.65. The lowest BCUT2D eigenvalue weighted by atomic mass is 10.0. The molecule has 0 saturated heterocycles. The van der Waals surface area contributed by atoms with Crippen LogP contribution < -0.4 is 9.04 Å². The summed E-state index contributed by atoms with van der Waals surface area (Å²) in [6.07, 6.45) is 5.36. The van der Waals surface area contributed by atoms with E-state index in [0.29, 0.717) is 35.6 Å². The fraction of sp³-hybridized carbons (Fsp3) is 0.227. The van der Waals surface area contributed by atoms with E-state index >= 15 is 0 Å². The second-order valence-corrected chi connectivity index (χ2v) is 9.33. The van der Waals surface area contributed by atoms with E-state index < -0.39 is 10.0 Å². The number of halogens is 1. The number of hydrogen-bond donors (Lipinski definition) is 0. The Morgan fingerprint density at radius 2 is 1.94 bits per heavy atom. The summed E-state index contributed by atoms with van der Waals surface area (Å²) in [4.78, 5) is 4.27. The third-order valence-electron chi connectivity index (χ3n) is 5.35. The average molecular weight is 456 g/mol. The molecule has 0 aliphatic heterocycles. The number of fused-ring (bicyclic) bond motifs is 1. The van der Waals surface area contributed by atoms with Crippen molar-refractivity contribution < 1.29 is 17.5 Å². The van der Waals surface area contributed by atoms with Crippen molar-refractivity contribution in [3.63, 3.8) is 0 Å². The second-order valence-electron chi connectivity index (χ2n) is 7.32. The minimum absolute atomic E-state index is 0.300. The van der Waals surface area contributed by atoms with Gasteiger partial charge in [0.25, 0.3) is 0 Å². The van der Waals surface area contributed by atoms with Gasteiger partial charge in [-0.1, -0.05) is 6.07 Å². The van der Waals surface area contributed by atoms with E-state index in [1.807, 2.05) is 16.5 Å². The molecule has 0 atom stereocenters. The van der Waals surface area contributed by atoms with Crippen molar-refractivity contribution in [2.24, 2.45) is 0 Å². The Balaban J connectivity index is 1.64. The molecule has 0 unspecified atom stereocenters. The standard InChI is InChI=1S/C22H22FN5O3S/c1-27(32(3,29)30)21-12-7-15(13-24-21)17-10-8-16(28-14-25-26-22(17)28)9-11-18-19(23)5-4-6-20(18)31-2/h4-8,10,12-14H,9,11H2,1-3H3. The van der Waals surface area contributed by atoms with Crippen LogP contribution in [0.5, 0.6) is 5.75 Å². The lowest BCUT2D eigenvalue weighted by Crippen LogP contribution is -2.25. The van der Waals surface area contributed by atoms with Crippen molar-refractivity contribution >= 4 is 21.5 Å². The molecule has 32 heavy (non-hydrogen) atoms. The highest BCUT2D eigenvalue weighted by Crippen LogP contribution is 2.27. The minimum Gasteiger partial charge on any atom is -0.496 e. The molecule has 0 amide bonds. The van der Waals surface area contributed by atoms with Gasteiger partial charge >= 0.3 is 0 Å². The van der Waals surface area contributed by atoms with Gasteiger partial charge in [-0.15, -0.1) is 10.2 Å². The van der Waals surface area contributed by atoms with Gasteiger partial charge in [0.2, 0.25) is 10.0 Å². The first kappa shape index (κ1) is 21.7. The van der Waals surface area contributed by atoms with E-state index in [9.17, 15) is 12.8 Å². The predicted octanol–water partition coefficient (Wildman–Crippen LogP) is 3.12. The van der Waals surface area contributed by atoms with Crippen LogP contribution in [0.4, 0.5) is 10.2 Å². The number of aryl methyl sites for hydroxylation is 1. The summed E-state index contributed by atoms with van der Waals surface area (Å²) in [5, 5.41) is 8.28. The van der Waals surface area contributed by atoms with Crippen molar-refractivity contribution in [3.8, 4) is 16.9 Å². The Kier molecular flexibility index (Phi) is 5.79. The van der Waals surface area contributed by atoms with Crippen LogP contribution in [0.1, 0.15) is 11.3 Å². The largest absolute Gasteiger partial charge is 0.496 e. The van der Waals surface area contributed by atoms with Gasteiger partial charge in [-0.2, -0.15) is 0 Å². The molecule has 0 bridgehead atoms. The van der Waals surface area contributed by atoms with Crippen molar-refractivity contribution in [1.82, 2.24) is 19.6 Å². The van der Waals surface area contributed by atoms with Gasteiger partial charge in [0, 0.05) is 35.6 Å². The molecule has 166 valence electrons. The molecule has 8 nitrogen and oxygen atoms in total. The normalized spacial score (nSPS) is 11.6. The molecule has 10 heteroatoms. The average Bonchev–Trinajstić information content (AvgIpc) is 3.27. The SMILES string of the molecule is COc1cccc(F)c1CCc1ccc(-c2ccc(N(C)S(C)(=O)=O)nc2)c2nncn12. The van der Waals surface area contributed by atoms with E-state index in [2.05, 4.69) is 15.2 Å². The number of anilines is 1. The first-order chi connectivity index (χ1) is 15.3. The van der Waals surface area contributed by atoms with Crippen LogP contribution in [-0.2, 0) is 22.9 Å². The van der Waals surface area contributed by atoms with E-state index in [0.717, 1.165) is 27.4 Å². The zero-order chi connectivity index (χ0) is 22.9. The molecule has 4 rings (SSSR count). The molecule has 4 aromatic rings. The number of hydrogen-bond acceptors (Lipinski definition) is 6. The number of ether oxygens (including phenoxy) is 1. The number of sulfonamides is 1. The third kappa shape index (κ3) is 4.13. The van der Waals surface area contributed by atoms with Crippen molar-refractivity contribution in [3.05, 3.63) is 72.1 Å². The number of rotatable bonds is 7. The van der Waals surface area contributed by atoms with Gasteiger partial charge in [-0.3, -0.25) is 8.71 Å². The molecular formula is C22H22FN5O3S. The van der Waals surface area contributed by atoms with Crippen molar-refractivity contribution in [2.75, 3.05) is 24.7 Å². The maximum Gasteiger partial charge on any atom is 0.233 e. The summed E-state index contributed by atoms with van der Waals surface area (Å²) < 4.78 is 46.0. The quantitative estimate of drug-likeness (QED) is 0.425. The molecule has 0 aliphatic carbocycles. The van der Waals surface area contributed by atoms with Gasteiger partial charge in [0.05, 0.1) is 13.4 Å². The number of aromatic nitrogens is 4. The molecule has 0 aliphatic rings. The van der Waals surface area contributed by atoms with Crippen molar-refractivity contribution in [1.29, 1.82) is 0 Å². The molecule has 0 spiro atoms. The third-order valence-corrected chi connectivity index (χ3v) is 6.53. The van der Waals surface area contributed by atoms with E-state index in [1.165, 1.54) is 20.2 Å². The molecule has 1 aromatic carbocycles. The van der Waals surface area contributed by atoms with E-state index in [1.54, 1.807) is 36.8 Å². The van der Waals surface area contributed by atoms with Crippen LogP contribution >= 0.6 is 0 Å². The van der Waals surface area contributed by atoms with E-state index in [-0.39, 0.29) is 5.82 Å². The molecule has 3 aromatic heterocycles. The monoisotopic (exact) mass is 455 g/mol. The number of benzene rings is 1. The molecular weight excluding hydrogens is 433 g/mol. The summed E-state index contributed by atoms with van der Waals surface area (Å²) in [7, 11) is -0.416. The molecule has 0 saturated carbocycles. The first-order valence-electron chi connectivity index (χ1n) is 9.83. The van der Waals surface area contributed by atoms with Gasteiger partial charge in [0.1, 0.15) is 23.7 Å². The minimum atomic E-state index is -3.39. The lowest BCUT2D eigenvalue weighted by molar-refractivity contribution is 0.404. The Hall–Kier alpha value is -3.53. The first-order valence-corrected chi connectivity index (χ1v) is 11.7. The Morgan fingerprint density at radius 1 is 1.12 bits per heavy atom. The summed E-state index contributed by atoms with van der Waals surface area (Å²) in [6.45, 7) is 0. The van der Waals surface area contributed by atoms with Crippen LogP contribution in [0.2, 0.25) is 0 Å². The zero-order valence-corrected chi connectivity index (χ0v) is 18.7. The highest BCUT2D eigenvalue weighted by atomic mass is 32.2. The maximum absolute atomic E-state index is 14.3. The van der Waals surface area contributed by atoms with Crippen LogP contribution in [0.25, 0.3) is 16.8 Å². The molecule has 0 radical (unpaired) electrons. The highest BCUT2D eigenvalue weighted by Gasteiger charge is 2.16. The van der Waals surface area contributed by atoms with Crippen molar-refractivity contribution in [2.45, 2.75) is 12.8 Å². The number of methoxy groups -OCH3 is 1. The lowest BCUT2D eigenvalue weighted by Gasteiger charge is -2.15. The fourth-order valence-electron chi connectivity index (χ4n) is 3.52. The molecule has 0 fully saturated rings. The van der Waals surface area contributed by atoms with Crippen LogP contribution in [-0.4, -0.2) is 48.4 Å². The Labute approximate surface area is 185 Å². The predicted molar refractivity (Wildman–Crippen MR) is 120 cm³/mol. The Morgan fingerprint density at radius 3 is 2.62 bits per heavy atom. The van der Waals surface area contributed by atoms with Crippen LogP contribution in [0.15, 0.2) is 55.0 Å². The second kappa shape index (κ2) is 8.54. The van der Waals surface area contributed by atoms with Crippen LogP contribution in [0, 0.1) is 5.82 Å². The summed E-state index contributed by atoms with van der Waals surface area (Å²) in [6, 6.07) is 12.1. The number of nitrogens with zero attached hydrogens (tertiary/aromatic N) is 5. The van der Waals surface area contributed by atoms with Crippen LogP contribution in [0.3, 0.4) is 0 Å². The van der Waals surface area contributed by atoms with Gasteiger partial charge in [-0.05, 0) is 49.2 Å².